The van der Waals surface area contributed by atoms with Gasteiger partial charge in [-0.05, 0) is 36.5 Å². The monoisotopic (exact) mass is 283 g/mol. The molecule has 0 aromatic carbocycles. The van der Waals surface area contributed by atoms with Crippen LogP contribution >= 0.6 is 0 Å². The van der Waals surface area contributed by atoms with E-state index >= 15 is 0 Å². The smallest absolute Gasteiger partial charge is 0.0232 e. The van der Waals surface area contributed by atoms with Gasteiger partial charge in [-0.25, -0.2) is 0 Å². The molecular weight excluding hydrogens is 254 g/mol. The van der Waals surface area contributed by atoms with Gasteiger partial charge in [-0.15, -0.1) is 0 Å². The van der Waals surface area contributed by atoms with Crippen molar-refractivity contribution in [1.29, 1.82) is 0 Å². The lowest BCUT2D eigenvalue weighted by Gasteiger charge is -2.27. The minimum atomic E-state index is 0.285. The molecule has 0 saturated carbocycles. The molecule has 0 spiro atoms. The highest BCUT2D eigenvalue weighted by atomic mass is 14.7. The summed E-state index contributed by atoms with van der Waals surface area (Å²) in [5.74, 6) is 0. The highest BCUT2D eigenvalue weighted by Gasteiger charge is 2.28. The van der Waals surface area contributed by atoms with Crippen LogP contribution in [0.15, 0.2) is 11.1 Å². The van der Waals surface area contributed by atoms with Gasteiger partial charge in [0.15, 0.2) is 0 Å². The first kappa shape index (κ1) is 14.7. The van der Waals surface area contributed by atoms with Crippen molar-refractivity contribution < 1.29 is 0 Å². The van der Waals surface area contributed by atoms with Gasteiger partial charge in [-0.2, -0.15) is 0 Å². The zero-order valence-electron chi connectivity index (χ0n) is 14.5. The fourth-order valence-corrected chi connectivity index (χ4v) is 3.56. The van der Waals surface area contributed by atoms with Crippen molar-refractivity contribution in [2.24, 2.45) is 10.8 Å². The molecule has 0 aliphatic heterocycles. The summed E-state index contributed by atoms with van der Waals surface area (Å²) >= 11 is 0. The number of hydrogen-bond acceptors (Lipinski definition) is 0. The molecule has 1 heterocycles. The van der Waals surface area contributed by atoms with E-state index in [-0.39, 0.29) is 10.8 Å². The topological polar surface area (TPSA) is 15.8 Å². The lowest BCUT2D eigenvalue weighted by molar-refractivity contribution is 0.483. The van der Waals surface area contributed by atoms with Crippen LogP contribution in [0.3, 0.4) is 0 Å². The fraction of sp³-hybridized carbons (Fsp3) is 0.600. The number of aryl methyl sites for hydroxylation is 2. The van der Waals surface area contributed by atoms with Crippen LogP contribution in [0.4, 0.5) is 0 Å². The van der Waals surface area contributed by atoms with Gasteiger partial charge < -0.3 is 4.98 Å². The minimum Gasteiger partial charge on any atom is -0.361 e. The van der Waals surface area contributed by atoms with E-state index in [1.807, 2.05) is 0 Å². The Kier molecular flexibility index (Phi) is 3.24. The molecule has 0 fully saturated rings. The van der Waals surface area contributed by atoms with Crippen LogP contribution in [0.1, 0.15) is 76.9 Å². The van der Waals surface area contributed by atoms with Gasteiger partial charge in [-0.1, -0.05) is 64.8 Å². The standard InChI is InChI=1S/C20H29N/c1-19(2,3)13-7-9-17-15(11-13)16-12-14(20(4,5)6)8-10-18(16)21-17/h11-12,21H,7-10H2,1-6H3. The zero-order valence-corrected chi connectivity index (χ0v) is 14.5. The Morgan fingerprint density at radius 3 is 1.38 bits per heavy atom. The van der Waals surface area contributed by atoms with E-state index in [4.69, 9.17) is 0 Å². The Morgan fingerprint density at radius 2 is 1.05 bits per heavy atom. The lowest BCUT2D eigenvalue weighted by atomic mass is 9.77. The second-order valence-electron chi connectivity index (χ2n) is 8.75. The number of rotatable bonds is 0. The summed E-state index contributed by atoms with van der Waals surface area (Å²) < 4.78 is 0. The normalized spacial score (nSPS) is 18.8. The molecule has 2 aliphatic carbocycles. The molecule has 0 saturated heterocycles. The molecular formula is C20H29N. The van der Waals surface area contributed by atoms with Crippen LogP contribution in [0.5, 0.6) is 0 Å². The van der Waals surface area contributed by atoms with Gasteiger partial charge in [0.1, 0.15) is 0 Å². The Bertz CT molecular complexity index is 570. The maximum absolute atomic E-state index is 3.71. The van der Waals surface area contributed by atoms with E-state index < -0.39 is 0 Å². The van der Waals surface area contributed by atoms with Crippen LogP contribution in [0.25, 0.3) is 12.2 Å². The van der Waals surface area contributed by atoms with Crippen LogP contribution in [-0.4, -0.2) is 4.98 Å². The highest BCUT2D eigenvalue weighted by Crippen LogP contribution is 2.41. The molecule has 0 amide bonds. The van der Waals surface area contributed by atoms with E-state index in [9.17, 15) is 0 Å². The van der Waals surface area contributed by atoms with Gasteiger partial charge in [0, 0.05) is 22.5 Å². The summed E-state index contributed by atoms with van der Waals surface area (Å²) in [6.45, 7) is 14.0. The van der Waals surface area contributed by atoms with Crippen molar-refractivity contribution in [2.45, 2.75) is 67.2 Å². The van der Waals surface area contributed by atoms with E-state index in [2.05, 4.69) is 58.7 Å². The largest absolute Gasteiger partial charge is 0.361 e. The number of H-pyrrole nitrogens is 1. The number of hydrogen-bond donors (Lipinski definition) is 1. The Balaban J connectivity index is 2.09. The maximum atomic E-state index is 3.71. The van der Waals surface area contributed by atoms with E-state index in [1.165, 1.54) is 48.2 Å². The fourth-order valence-electron chi connectivity index (χ4n) is 3.56. The summed E-state index contributed by atoms with van der Waals surface area (Å²) in [6, 6.07) is 0. The summed E-state index contributed by atoms with van der Waals surface area (Å²) in [4.78, 5) is 3.71. The van der Waals surface area contributed by atoms with Gasteiger partial charge >= 0.3 is 0 Å². The molecule has 1 heteroatoms. The molecule has 3 rings (SSSR count). The van der Waals surface area contributed by atoms with Crippen molar-refractivity contribution in [1.82, 2.24) is 4.98 Å². The number of allylic oxidation sites excluding steroid dienone is 2. The molecule has 1 nitrogen and oxygen atoms in total. The summed E-state index contributed by atoms with van der Waals surface area (Å²) in [7, 11) is 0. The predicted octanol–water partition coefficient (Wildman–Crippen LogP) is 5.77. The second kappa shape index (κ2) is 4.63. The molecule has 114 valence electrons. The highest BCUT2D eigenvalue weighted by molar-refractivity contribution is 5.75. The molecule has 1 aromatic heterocycles. The van der Waals surface area contributed by atoms with Crippen LogP contribution in [0.2, 0.25) is 0 Å². The number of fused-ring (bicyclic) bond motifs is 3. The summed E-state index contributed by atoms with van der Waals surface area (Å²) in [6.07, 6.45) is 9.68. The number of aromatic amines is 1. The van der Waals surface area contributed by atoms with Crippen molar-refractivity contribution in [2.75, 3.05) is 0 Å². The van der Waals surface area contributed by atoms with Crippen molar-refractivity contribution in [3.8, 4) is 0 Å². The van der Waals surface area contributed by atoms with Crippen molar-refractivity contribution in [3.05, 3.63) is 33.7 Å². The first-order valence-electron chi connectivity index (χ1n) is 8.32. The molecule has 1 aromatic rings. The third-order valence-corrected chi connectivity index (χ3v) is 5.09. The third-order valence-electron chi connectivity index (χ3n) is 5.09. The first-order chi connectivity index (χ1) is 9.66. The average molecular weight is 283 g/mol. The lowest BCUT2D eigenvalue weighted by Crippen LogP contribution is -2.14. The van der Waals surface area contributed by atoms with Gasteiger partial charge in [0.05, 0.1) is 0 Å². The predicted molar refractivity (Wildman–Crippen MR) is 92.3 cm³/mol. The Hall–Kier alpha value is -1.24. The minimum absolute atomic E-state index is 0.285. The molecule has 0 radical (unpaired) electrons. The number of nitrogens with one attached hydrogen (secondary N) is 1. The molecule has 1 N–H and O–H groups in total. The van der Waals surface area contributed by atoms with Gasteiger partial charge in [-0.3, -0.25) is 0 Å². The SMILES string of the molecule is CC(C)(C)C1=Cc2c([nH]c3c2C=C(C(C)(C)C)CC3)CC1. The van der Waals surface area contributed by atoms with Crippen molar-refractivity contribution >= 4 is 12.2 Å². The quantitative estimate of drug-likeness (QED) is 0.622. The van der Waals surface area contributed by atoms with Crippen LogP contribution in [0, 0.1) is 10.8 Å². The molecule has 0 atom stereocenters. The first-order valence-corrected chi connectivity index (χ1v) is 8.32. The van der Waals surface area contributed by atoms with Gasteiger partial charge in [0.2, 0.25) is 0 Å². The maximum Gasteiger partial charge on any atom is 0.0232 e. The van der Waals surface area contributed by atoms with E-state index in [0.29, 0.717) is 0 Å². The van der Waals surface area contributed by atoms with Crippen LogP contribution in [-0.2, 0) is 12.8 Å². The Morgan fingerprint density at radius 1 is 0.667 bits per heavy atom. The molecule has 2 aliphatic rings. The van der Waals surface area contributed by atoms with Gasteiger partial charge in [0.25, 0.3) is 0 Å². The van der Waals surface area contributed by atoms with Crippen molar-refractivity contribution in [3.63, 3.8) is 0 Å². The summed E-state index contributed by atoms with van der Waals surface area (Å²) in [5.41, 5.74) is 9.62. The average Bonchev–Trinajstić information content (AvgIpc) is 2.73. The second-order valence-corrected chi connectivity index (χ2v) is 8.75. The molecule has 21 heavy (non-hydrogen) atoms. The number of aromatic nitrogens is 1. The Labute approximate surface area is 129 Å². The summed E-state index contributed by atoms with van der Waals surface area (Å²) in [5, 5.41) is 0. The van der Waals surface area contributed by atoms with Crippen LogP contribution < -0.4 is 0 Å². The molecule has 0 unspecified atom stereocenters. The molecule has 0 bridgehead atoms. The van der Waals surface area contributed by atoms with E-state index in [0.717, 1.165) is 0 Å². The zero-order chi connectivity index (χ0) is 15.4. The van der Waals surface area contributed by atoms with E-state index in [1.54, 1.807) is 11.1 Å². The third kappa shape index (κ3) is 2.63.